The Kier molecular flexibility index (Phi) is 7.33. The van der Waals surface area contributed by atoms with Crippen molar-refractivity contribution in [3.63, 3.8) is 0 Å². The van der Waals surface area contributed by atoms with Gasteiger partial charge in [0.1, 0.15) is 0 Å². The monoisotopic (exact) mass is 502 g/mol. The highest BCUT2D eigenvalue weighted by atomic mass is 32.2. The molecule has 0 bridgehead atoms. The van der Waals surface area contributed by atoms with Gasteiger partial charge in [0, 0.05) is 32.7 Å². The molecule has 34 heavy (non-hydrogen) atoms. The number of ether oxygens (including phenoxy) is 3. The second kappa shape index (κ2) is 10.1. The molecule has 2 heterocycles. The average Bonchev–Trinajstić information content (AvgIpc) is 3.27. The lowest BCUT2D eigenvalue weighted by Crippen LogP contribution is -2.50. The number of fused-ring (bicyclic) bond motifs is 1. The van der Waals surface area contributed by atoms with Gasteiger partial charge in [0.25, 0.3) is 0 Å². The van der Waals surface area contributed by atoms with Crippen LogP contribution in [-0.2, 0) is 27.5 Å². The molecule has 1 N–H and O–H groups in total. The third-order valence-electron chi connectivity index (χ3n) is 5.62. The number of halogens is 3. The number of β-amino-alcohol motifs (C(OH)–C–C–N with tert-alkyl or cyclic N) is 1. The molecule has 1 fully saturated rings. The number of benzene rings is 2. The normalized spacial score (nSPS) is 18.2. The van der Waals surface area contributed by atoms with Crippen molar-refractivity contribution in [2.75, 3.05) is 46.1 Å². The lowest BCUT2D eigenvalue weighted by molar-refractivity contribution is -0.137. The van der Waals surface area contributed by atoms with Gasteiger partial charge >= 0.3 is 6.18 Å². The first-order chi connectivity index (χ1) is 16.1. The molecule has 2 aliphatic rings. The van der Waals surface area contributed by atoms with Crippen molar-refractivity contribution < 1.29 is 40.9 Å². The number of sulfonamides is 1. The first-order valence-corrected chi connectivity index (χ1v) is 12.1. The predicted octanol–water partition coefficient (Wildman–Crippen LogP) is 2.32. The summed E-state index contributed by atoms with van der Waals surface area (Å²) in [6.07, 6.45) is -5.40. The standard InChI is InChI=1S/C22H25F3N2O6S/c23-22(24,25)17-2-1-3-19(11-17)34(29,30)27-8-6-26(7-9-27)12-18(28)14-31-13-16-4-5-20-21(10-16)33-15-32-20/h1-5,10-11,18,28H,6-9,12-15H2/t18-/m0/s1. The van der Waals surface area contributed by atoms with Crippen molar-refractivity contribution in [2.45, 2.75) is 23.8 Å². The SMILES string of the molecule is O=S(=O)(c1cccc(C(F)(F)F)c1)N1CCN(C[C@H](O)COCc2ccc3c(c2)OCO3)CC1. The molecule has 12 heteroatoms. The van der Waals surface area contributed by atoms with Crippen molar-refractivity contribution in [3.8, 4) is 11.5 Å². The van der Waals surface area contributed by atoms with E-state index in [9.17, 15) is 26.7 Å². The number of aliphatic hydroxyl groups excluding tert-OH is 1. The Labute approximate surface area is 195 Å². The highest BCUT2D eigenvalue weighted by Gasteiger charge is 2.34. The fourth-order valence-electron chi connectivity index (χ4n) is 3.83. The Morgan fingerprint density at radius 1 is 1.03 bits per heavy atom. The van der Waals surface area contributed by atoms with Crippen LogP contribution in [0.5, 0.6) is 11.5 Å². The number of aliphatic hydroxyl groups is 1. The molecule has 0 spiro atoms. The van der Waals surface area contributed by atoms with Crippen LogP contribution in [-0.4, -0.2) is 75.0 Å². The molecule has 186 valence electrons. The smallest absolute Gasteiger partial charge is 0.416 e. The summed E-state index contributed by atoms with van der Waals surface area (Å²) in [5.41, 5.74) is -0.124. The molecule has 0 amide bonds. The minimum atomic E-state index is -4.62. The fraction of sp³-hybridized carbons (Fsp3) is 0.455. The fourth-order valence-corrected chi connectivity index (χ4v) is 5.30. The summed E-state index contributed by atoms with van der Waals surface area (Å²) in [5, 5.41) is 10.3. The molecule has 0 aliphatic carbocycles. The van der Waals surface area contributed by atoms with Crippen LogP contribution in [0.1, 0.15) is 11.1 Å². The van der Waals surface area contributed by atoms with Gasteiger partial charge in [-0.25, -0.2) is 8.42 Å². The zero-order valence-electron chi connectivity index (χ0n) is 18.2. The van der Waals surface area contributed by atoms with E-state index in [-0.39, 0.29) is 38.0 Å². The summed E-state index contributed by atoms with van der Waals surface area (Å²) >= 11 is 0. The molecule has 2 aromatic carbocycles. The van der Waals surface area contributed by atoms with E-state index in [1.165, 1.54) is 4.31 Å². The van der Waals surface area contributed by atoms with E-state index in [1.54, 1.807) is 6.07 Å². The Balaban J connectivity index is 1.23. The lowest BCUT2D eigenvalue weighted by atomic mass is 10.2. The lowest BCUT2D eigenvalue weighted by Gasteiger charge is -2.34. The van der Waals surface area contributed by atoms with Gasteiger partial charge in [-0.1, -0.05) is 12.1 Å². The number of piperazine rings is 1. The molecule has 0 unspecified atom stereocenters. The van der Waals surface area contributed by atoms with E-state index in [4.69, 9.17) is 14.2 Å². The largest absolute Gasteiger partial charge is 0.454 e. The van der Waals surface area contributed by atoms with Crippen molar-refractivity contribution in [2.24, 2.45) is 0 Å². The summed E-state index contributed by atoms with van der Waals surface area (Å²) in [5.74, 6) is 1.33. The summed E-state index contributed by atoms with van der Waals surface area (Å²) in [4.78, 5) is 1.51. The molecule has 4 rings (SSSR count). The van der Waals surface area contributed by atoms with Crippen LogP contribution in [0.15, 0.2) is 47.4 Å². The van der Waals surface area contributed by atoms with E-state index in [2.05, 4.69) is 0 Å². The zero-order chi connectivity index (χ0) is 24.3. The minimum absolute atomic E-state index is 0.0944. The average molecular weight is 503 g/mol. The van der Waals surface area contributed by atoms with Crippen molar-refractivity contribution in [1.29, 1.82) is 0 Å². The maximum absolute atomic E-state index is 12.9. The third kappa shape index (κ3) is 5.81. The van der Waals surface area contributed by atoms with Gasteiger partial charge in [-0.2, -0.15) is 17.5 Å². The van der Waals surface area contributed by atoms with Gasteiger partial charge in [-0.15, -0.1) is 0 Å². The number of alkyl halides is 3. The molecule has 8 nitrogen and oxygen atoms in total. The van der Waals surface area contributed by atoms with Crippen LogP contribution in [0, 0.1) is 0 Å². The first-order valence-electron chi connectivity index (χ1n) is 10.7. The molecule has 2 aromatic rings. The Bertz CT molecular complexity index is 1100. The number of nitrogens with zero attached hydrogens (tertiary/aromatic N) is 2. The topological polar surface area (TPSA) is 88.5 Å². The van der Waals surface area contributed by atoms with Gasteiger partial charge in [0.15, 0.2) is 11.5 Å². The molecular formula is C22H25F3N2O6S. The van der Waals surface area contributed by atoms with Crippen LogP contribution in [0.25, 0.3) is 0 Å². The Morgan fingerprint density at radius 3 is 2.50 bits per heavy atom. The van der Waals surface area contributed by atoms with Crippen LogP contribution in [0.4, 0.5) is 13.2 Å². The molecule has 0 aromatic heterocycles. The molecule has 1 saturated heterocycles. The van der Waals surface area contributed by atoms with E-state index in [0.29, 0.717) is 37.2 Å². The van der Waals surface area contributed by atoms with Gasteiger partial charge in [-0.3, -0.25) is 4.90 Å². The van der Waals surface area contributed by atoms with Gasteiger partial charge < -0.3 is 19.3 Å². The summed E-state index contributed by atoms with van der Waals surface area (Å²) < 4.78 is 81.8. The zero-order valence-corrected chi connectivity index (χ0v) is 19.0. The molecular weight excluding hydrogens is 477 g/mol. The molecule has 1 atom stereocenters. The van der Waals surface area contributed by atoms with E-state index in [0.717, 1.165) is 23.8 Å². The molecule has 0 saturated carbocycles. The van der Waals surface area contributed by atoms with Crippen molar-refractivity contribution >= 4 is 10.0 Å². The quantitative estimate of drug-likeness (QED) is 0.593. The Morgan fingerprint density at radius 2 is 1.76 bits per heavy atom. The first kappa shape index (κ1) is 24.7. The van der Waals surface area contributed by atoms with Crippen LogP contribution in [0.2, 0.25) is 0 Å². The maximum Gasteiger partial charge on any atom is 0.416 e. The van der Waals surface area contributed by atoms with E-state index in [1.807, 2.05) is 17.0 Å². The van der Waals surface area contributed by atoms with Gasteiger partial charge in [0.05, 0.1) is 29.8 Å². The van der Waals surface area contributed by atoms with Crippen LogP contribution >= 0.6 is 0 Å². The number of rotatable bonds is 8. The molecule has 0 radical (unpaired) electrons. The predicted molar refractivity (Wildman–Crippen MR) is 115 cm³/mol. The van der Waals surface area contributed by atoms with Gasteiger partial charge in [-0.05, 0) is 35.9 Å². The third-order valence-corrected chi connectivity index (χ3v) is 7.51. The van der Waals surface area contributed by atoms with E-state index >= 15 is 0 Å². The molecule has 2 aliphatic heterocycles. The highest BCUT2D eigenvalue weighted by molar-refractivity contribution is 7.89. The number of hydrogen-bond acceptors (Lipinski definition) is 7. The second-order valence-corrected chi connectivity index (χ2v) is 10.0. The summed E-state index contributed by atoms with van der Waals surface area (Å²) in [6.45, 7) is 1.78. The van der Waals surface area contributed by atoms with Crippen LogP contribution in [0.3, 0.4) is 0 Å². The summed E-state index contributed by atoms with van der Waals surface area (Å²) in [7, 11) is -4.05. The minimum Gasteiger partial charge on any atom is -0.454 e. The highest BCUT2D eigenvalue weighted by Crippen LogP contribution is 2.33. The van der Waals surface area contributed by atoms with Gasteiger partial charge in [0.2, 0.25) is 16.8 Å². The maximum atomic E-state index is 12.9. The van der Waals surface area contributed by atoms with E-state index < -0.39 is 27.9 Å². The number of hydrogen-bond donors (Lipinski definition) is 1. The van der Waals surface area contributed by atoms with Crippen molar-refractivity contribution in [3.05, 3.63) is 53.6 Å². The Hall–Kier alpha value is -2.38. The van der Waals surface area contributed by atoms with Crippen molar-refractivity contribution in [1.82, 2.24) is 9.21 Å². The van der Waals surface area contributed by atoms with Crippen LogP contribution < -0.4 is 9.47 Å². The second-order valence-electron chi connectivity index (χ2n) is 8.09. The summed E-state index contributed by atoms with van der Waals surface area (Å²) in [6, 6.07) is 9.22.